The van der Waals surface area contributed by atoms with E-state index in [1.165, 1.54) is 64.2 Å². The van der Waals surface area contributed by atoms with Crippen LogP contribution in [0.1, 0.15) is 174 Å². The van der Waals surface area contributed by atoms with Crippen LogP contribution in [0.25, 0.3) is 0 Å². The number of phosphoric acid groups is 1. The fraction of sp³-hybridized carbons (Fsp3) is 0.721. The van der Waals surface area contributed by atoms with Gasteiger partial charge in [0.1, 0.15) is 6.61 Å². The molecule has 53 heavy (non-hydrogen) atoms. The number of esters is 2. The van der Waals surface area contributed by atoms with Crippen molar-refractivity contribution in [2.24, 2.45) is 0 Å². The summed E-state index contributed by atoms with van der Waals surface area (Å²) in [6.07, 6.45) is 44.2. The second kappa shape index (κ2) is 38.0. The van der Waals surface area contributed by atoms with Crippen LogP contribution in [0.3, 0.4) is 0 Å². The molecule has 0 aliphatic heterocycles. The molecule has 0 amide bonds. The van der Waals surface area contributed by atoms with Gasteiger partial charge in [0.15, 0.2) is 6.10 Å². The molecule has 0 aromatic carbocycles. The standard InChI is InChI=1S/C43H75O9P/c1-3-5-7-8-9-10-11-12-13-14-15-16-20-23-26-29-32-36-42(45)50-38-41(39-51-53(47,48)49)52-43(46)37-33-30-27-24-21-18-17-19-22-25-28-31-35-40(44)34-6-4-2/h12-13,17-18,22,24-25,27,31,35,40-41,44H,3-11,14-16,19-21,23,26,28-30,32-34,36-39H2,1-2H3,(H2,47,48,49)/b13-12-,18-17-,25-22-,27-24-,35-31-/t40-,41-/m1/s1. The van der Waals surface area contributed by atoms with Gasteiger partial charge in [0, 0.05) is 12.8 Å². The molecule has 0 saturated heterocycles. The number of allylic oxidation sites excluding steroid dienone is 9. The summed E-state index contributed by atoms with van der Waals surface area (Å²) in [5, 5.41) is 9.79. The molecule has 0 aliphatic carbocycles. The van der Waals surface area contributed by atoms with Gasteiger partial charge in [-0.2, -0.15) is 0 Å². The van der Waals surface area contributed by atoms with Crippen LogP contribution in [0.5, 0.6) is 0 Å². The largest absolute Gasteiger partial charge is 0.469 e. The van der Waals surface area contributed by atoms with Gasteiger partial charge in [-0.05, 0) is 70.6 Å². The van der Waals surface area contributed by atoms with Gasteiger partial charge in [-0.3, -0.25) is 14.1 Å². The quantitative estimate of drug-likeness (QED) is 0.0244. The van der Waals surface area contributed by atoms with Crippen LogP contribution in [0.4, 0.5) is 0 Å². The number of aliphatic hydroxyl groups is 1. The zero-order valence-corrected chi connectivity index (χ0v) is 34.2. The molecule has 0 fully saturated rings. The molecule has 0 aromatic rings. The van der Waals surface area contributed by atoms with Crippen molar-refractivity contribution in [3.05, 3.63) is 60.8 Å². The lowest BCUT2D eigenvalue weighted by atomic mass is 10.1. The third-order valence-corrected chi connectivity index (χ3v) is 9.06. The van der Waals surface area contributed by atoms with Crippen LogP contribution < -0.4 is 0 Å². The fourth-order valence-corrected chi connectivity index (χ4v) is 5.80. The lowest BCUT2D eigenvalue weighted by Crippen LogP contribution is -2.29. The molecule has 3 N–H and O–H groups in total. The van der Waals surface area contributed by atoms with Crippen molar-refractivity contribution in [2.45, 2.75) is 187 Å². The molecule has 9 nitrogen and oxygen atoms in total. The normalized spacial score (nSPS) is 13.7. The van der Waals surface area contributed by atoms with Crippen LogP contribution in [0, 0.1) is 0 Å². The van der Waals surface area contributed by atoms with Gasteiger partial charge >= 0.3 is 19.8 Å². The molecular weight excluding hydrogens is 691 g/mol. The number of carbonyl (C=O) groups excluding carboxylic acids is 2. The van der Waals surface area contributed by atoms with Crippen molar-refractivity contribution < 1.29 is 43.0 Å². The molecule has 2 atom stereocenters. The van der Waals surface area contributed by atoms with E-state index in [-0.39, 0.29) is 25.6 Å². The van der Waals surface area contributed by atoms with Crippen molar-refractivity contribution in [3.8, 4) is 0 Å². The van der Waals surface area contributed by atoms with Gasteiger partial charge in [-0.25, -0.2) is 4.57 Å². The van der Waals surface area contributed by atoms with Crippen molar-refractivity contribution in [1.29, 1.82) is 0 Å². The van der Waals surface area contributed by atoms with Crippen LogP contribution in [0.15, 0.2) is 60.8 Å². The molecule has 0 heterocycles. The first kappa shape index (κ1) is 50.7. The fourth-order valence-electron chi connectivity index (χ4n) is 5.44. The smallest absolute Gasteiger partial charge is 0.462 e. The first-order valence-corrected chi connectivity index (χ1v) is 22.2. The molecule has 0 radical (unpaired) electrons. The summed E-state index contributed by atoms with van der Waals surface area (Å²) in [5.74, 6) is -0.980. The Bertz CT molecular complexity index is 1060. The number of carbonyl (C=O) groups is 2. The van der Waals surface area contributed by atoms with E-state index in [1.807, 2.05) is 24.3 Å². The Hall–Kier alpha value is -2.29. The topological polar surface area (TPSA) is 140 Å². The van der Waals surface area contributed by atoms with Gasteiger partial charge in [0.05, 0.1) is 12.7 Å². The summed E-state index contributed by atoms with van der Waals surface area (Å²) in [6, 6.07) is 0. The van der Waals surface area contributed by atoms with E-state index in [4.69, 9.17) is 19.3 Å². The van der Waals surface area contributed by atoms with Crippen molar-refractivity contribution in [2.75, 3.05) is 13.2 Å². The van der Waals surface area contributed by atoms with Gasteiger partial charge in [-0.1, -0.05) is 152 Å². The van der Waals surface area contributed by atoms with Crippen molar-refractivity contribution in [1.82, 2.24) is 0 Å². The number of hydrogen-bond donors (Lipinski definition) is 3. The second-order valence-corrected chi connectivity index (χ2v) is 15.0. The Labute approximate surface area is 322 Å². The van der Waals surface area contributed by atoms with Crippen LogP contribution in [0.2, 0.25) is 0 Å². The molecule has 0 aromatic heterocycles. The van der Waals surface area contributed by atoms with Gasteiger partial charge in [-0.15, -0.1) is 0 Å². The Morgan fingerprint density at radius 1 is 0.566 bits per heavy atom. The first-order valence-electron chi connectivity index (χ1n) is 20.7. The number of unbranched alkanes of at least 4 members (excludes halogenated alkanes) is 15. The van der Waals surface area contributed by atoms with Crippen molar-refractivity contribution >= 4 is 19.8 Å². The van der Waals surface area contributed by atoms with E-state index < -0.39 is 32.5 Å². The lowest BCUT2D eigenvalue weighted by molar-refractivity contribution is -0.161. The predicted molar refractivity (Wildman–Crippen MR) is 217 cm³/mol. The summed E-state index contributed by atoms with van der Waals surface area (Å²) < 4.78 is 26.3. The summed E-state index contributed by atoms with van der Waals surface area (Å²) in [7, 11) is -4.78. The van der Waals surface area contributed by atoms with E-state index in [1.54, 1.807) is 0 Å². The summed E-state index contributed by atoms with van der Waals surface area (Å²) in [5.41, 5.74) is 0. The molecule has 0 rings (SSSR count). The molecule has 0 saturated carbocycles. The molecule has 0 unspecified atom stereocenters. The maximum atomic E-state index is 12.4. The third kappa shape index (κ3) is 40.7. The van der Waals surface area contributed by atoms with Gasteiger partial charge in [0.25, 0.3) is 0 Å². The van der Waals surface area contributed by atoms with Crippen LogP contribution in [-0.4, -0.2) is 52.3 Å². The minimum Gasteiger partial charge on any atom is -0.462 e. The van der Waals surface area contributed by atoms with Crippen LogP contribution >= 0.6 is 7.82 Å². The highest BCUT2D eigenvalue weighted by molar-refractivity contribution is 7.46. The highest BCUT2D eigenvalue weighted by Crippen LogP contribution is 2.36. The minimum atomic E-state index is -4.78. The van der Waals surface area contributed by atoms with E-state index >= 15 is 0 Å². The summed E-state index contributed by atoms with van der Waals surface area (Å²) >= 11 is 0. The molecule has 0 spiro atoms. The average molecular weight is 767 g/mol. The Morgan fingerprint density at radius 3 is 1.62 bits per heavy atom. The highest BCUT2D eigenvalue weighted by Gasteiger charge is 2.22. The minimum absolute atomic E-state index is 0.116. The highest BCUT2D eigenvalue weighted by atomic mass is 31.2. The number of aliphatic hydroxyl groups excluding tert-OH is 1. The Morgan fingerprint density at radius 2 is 1.04 bits per heavy atom. The second-order valence-electron chi connectivity index (χ2n) is 13.8. The van der Waals surface area contributed by atoms with E-state index in [0.717, 1.165) is 64.2 Å². The molecule has 306 valence electrons. The van der Waals surface area contributed by atoms with E-state index in [9.17, 15) is 19.3 Å². The Balaban J connectivity index is 4.07. The maximum Gasteiger partial charge on any atom is 0.469 e. The zero-order valence-electron chi connectivity index (χ0n) is 33.3. The zero-order chi connectivity index (χ0) is 39.1. The van der Waals surface area contributed by atoms with Gasteiger partial charge < -0.3 is 24.4 Å². The van der Waals surface area contributed by atoms with Crippen LogP contribution in [-0.2, 0) is 28.2 Å². The summed E-state index contributed by atoms with van der Waals surface area (Å²) in [6.45, 7) is 3.47. The molecule has 0 bridgehead atoms. The number of phosphoric ester groups is 1. The third-order valence-electron chi connectivity index (χ3n) is 8.58. The molecule has 0 aliphatic rings. The Kier molecular flexibility index (Phi) is 36.4. The van der Waals surface area contributed by atoms with Gasteiger partial charge in [0.2, 0.25) is 0 Å². The lowest BCUT2D eigenvalue weighted by Gasteiger charge is -2.18. The molecular formula is C43H75O9P. The number of ether oxygens (including phenoxy) is 2. The maximum absolute atomic E-state index is 12.4. The van der Waals surface area contributed by atoms with E-state index in [2.05, 4.69) is 54.8 Å². The van der Waals surface area contributed by atoms with Crippen molar-refractivity contribution in [3.63, 3.8) is 0 Å². The SMILES string of the molecule is CCCCCCCC/C=C\CCCCCCCCCC(=O)OC[C@H](COP(=O)(O)O)OC(=O)CCC/C=C\C/C=C\C/C=C\C/C=C\[C@H](O)CCCC. The predicted octanol–water partition coefficient (Wildman–Crippen LogP) is 11.5. The first-order chi connectivity index (χ1) is 25.7. The van der Waals surface area contributed by atoms with E-state index in [0.29, 0.717) is 19.3 Å². The summed E-state index contributed by atoms with van der Waals surface area (Å²) in [4.78, 5) is 42.8. The monoisotopic (exact) mass is 767 g/mol. The average Bonchev–Trinajstić information content (AvgIpc) is 3.12. The number of hydrogen-bond acceptors (Lipinski definition) is 7. The number of rotatable bonds is 37. The molecule has 10 heteroatoms.